The Kier molecular flexibility index (Phi) is 3.35. The Bertz CT molecular complexity index is 1080. The molecular formula is C20H17N5O. The zero-order chi connectivity index (χ0) is 17.5. The van der Waals surface area contributed by atoms with Crippen molar-refractivity contribution in [2.45, 2.75) is 18.9 Å². The quantitative estimate of drug-likeness (QED) is 0.609. The second-order valence-electron chi connectivity index (χ2n) is 6.47. The lowest BCUT2D eigenvalue weighted by Gasteiger charge is -2.16. The third kappa shape index (κ3) is 2.38. The first kappa shape index (κ1) is 14.9. The van der Waals surface area contributed by atoms with Gasteiger partial charge in [-0.25, -0.2) is 9.97 Å². The Morgan fingerprint density at radius 3 is 2.77 bits per heavy atom. The maximum absolute atomic E-state index is 12.3. The molecule has 0 aliphatic carbocycles. The molecule has 4 aromatic rings. The number of hydrogen-bond acceptors (Lipinski definition) is 3. The van der Waals surface area contributed by atoms with Crippen molar-refractivity contribution in [1.82, 2.24) is 24.3 Å². The minimum absolute atomic E-state index is 0.0262. The monoisotopic (exact) mass is 343 g/mol. The van der Waals surface area contributed by atoms with Crippen LogP contribution < -0.4 is 5.32 Å². The fourth-order valence-electron chi connectivity index (χ4n) is 3.67. The van der Waals surface area contributed by atoms with Crippen molar-refractivity contribution in [1.29, 1.82) is 0 Å². The van der Waals surface area contributed by atoms with Crippen LogP contribution in [0.1, 0.15) is 29.3 Å². The Balaban J connectivity index is 1.62. The molecule has 1 N–H and O–H groups in total. The van der Waals surface area contributed by atoms with Crippen molar-refractivity contribution < 1.29 is 4.79 Å². The number of rotatable bonds is 2. The van der Waals surface area contributed by atoms with Gasteiger partial charge in [0.25, 0.3) is 0 Å². The minimum Gasteiger partial charge on any atom is -0.350 e. The average molecular weight is 343 g/mol. The summed E-state index contributed by atoms with van der Waals surface area (Å²) in [5.41, 5.74) is 5.09. The predicted octanol–water partition coefficient (Wildman–Crippen LogP) is 2.67. The molecule has 0 bridgehead atoms. The molecule has 0 saturated heterocycles. The summed E-state index contributed by atoms with van der Waals surface area (Å²) in [6, 6.07) is 14.3. The first-order chi connectivity index (χ1) is 12.8. The number of nitrogens with zero attached hydrogens (tertiary/aromatic N) is 4. The summed E-state index contributed by atoms with van der Waals surface area (Å²) in [4.78, 5) is 21.1. The van der Waals surface area contributed by atoms with Gasteiger partial charge < -0.3 is 14.3 Å². The Morgan fingerprint density at radius 1 is 1.08 bits per heavy atom. The Labute approximate surface area is 150 Å². The van der Waals surface area contributed by atoms with E-state index in [2.05, 4.69) is 39.0 Å². The summed E-state index contributed by atoms with van der Waals surface area (Å²) >= 11 is 0. The molecule has 1 aromatic carbocycles. The van der Waals surface area contributed by atoms with E-state index in [0.717, 1.165) is 28.3 Å². The lowest BCUT2D eigenvalue weighted by atomic mass is 9.91. The molecule has 1 atom stereocenters. The van der Waals surface area contributed by atoms with Crippen LogP contribution in [-0.2, 0) is 11.3 Å². The van der Waals surface area contributed by atoms with Crippen LogP contribution in [0.5, 0.6) is 0 Å². The van der Waals surface area contributed by atoms with Crippen LogP contribution in [0.2, 0.25) is 0 Å². The van der Waals surface area contributed by atoms with E-state index >= 15 is 0 Å². The Hall–Kier alpha value is -3.41. The lowest BCUT2D eigenvalue weighted by Crippen LogP contribution is -2.21. The maximum Gasteiger partial charge on any atom is 0.221 e. The summed E-state index contributed by atoms with van der Waals surface area (Å²) < 4.78 is 4.06. The smallest absolute Gasteiger partial charge is 0.221 e. The lowest BCUT2D eigenvalue weighted by molar-refractivity contribution is -0.121. The molecule has 3 aromatic heterocycles. The number of carbonyl (C=O) groups is 1. The van der Waals surface area contributed by atoms with Gasteiger partial charge in [0, 0.05) is 36.6 Å². The van der Waals surface area contributed by atoms with Gasteiger partial charge in [-0.3, -0.25) is 4.79 Å². The van der Waals surface area contributed by atoms with Crippen LogP contribution in [0.3, 0.4) is 0 Å². The molecule has 6 heteroatoms. The average Bonchev–Trinajstić information content (AvgIpc) is 3.29. The van der Waals surface area contributed by atoms with Crippen LogP contribution in [-0.4, -0.2) is 24.8 Å². The van der Waals surface area contributed by atoms with E-state index in [4.69, 9.17) is 4.98 Å². The van der Waals surface area contributed by atoms with Gasteiger partial charge in [0.05, 0.1) is 24.3 Å². The van der Waals surface area contributed by atoms with Crippen molar-refractivity contribution in [2.24, 2.45) is 0 Å². The summed E-state index contributed by atoms with van der Waals surface area (Å²) in [7, 11) is 0. The summed E-state index contributed by atoms with van der Waals surface area (Å²) in [5.74, 6) is 0.0260. The molecule has 0 spiro atoms. The van der Waals surface area contributed by atoms with Crippen LogP contribution in [0.4, 0.5) is 0 Å². The van der Waals surface area contributed by atoms with Gasteiger partial charge in [0.15, 0.2) is 0 Å². The number of aromatic nitrogens is 4. The molecule has 6 nitrogen and oxygen atoms in total. The summed E-state index contributed by atoms with van der Waals surface area (Å²) in [6.45, 7) is 0.472. The third-order valence-electron chi connectivity index (χ3n) is 4.91. The zero-order valence-electron chi connectivity index (χ0n) is 14.0. The van der Waals surface area contributed by atoms with Gasteiger partial charge in [0.2, 0.25) is 5.91 Å². The van der Waals surface area contributed by atoms with Crippen LogP contribution in [0, 0.1) is 0 Å². The fraction of sp³-hybridized carbons (Fsp3) is 0.150. The normalized spacial score (nSPS) is 16.9. The number of carbonyl (C=O) groups excluding carboxylic acids is 1. The van der Waals surface area contributed by atoms with E-state index in [1.807, 2.05) is 35.2 Å². The first-order valence-corrected chi connectivity index (χ1v) is 8.60. The predicted molar refractivity (Wildman–Crippen MR) is 97.1 cm³/mol. The topological polar surface area (TPSA) is 64.2 Å². The van der Waals surface area contributed by atoms with Crippen LogP contribution >= 0.6 is 0 Å². The SMILES string of the molecule is O=C1C[C@@H](c2ccc(-n3ccnc3)cc2)c2c(nc3ccccn23)CN1. The molecular weight excluding hydrogens is 326 g/mol. The van der Waals surface area contributed by atoms with Crippen molar-refractivity contribution in [3.05, 3.63) is 84.3 Å². The van der Waals surface area contributed by atoms with Gasteiger partial charge >= 0.3 is 0 Å². The molecule has 0 fully saturated rings. The van der Waals surface area contributed by atoms with Gasteiger partial charge in [-0.15, -0.1) is 0 Å². The van der Waals surface area contributed by atoms with Crippen molar-refractivity contribution in [2.75, 3.05) is 0 Å². The molecule has 1 aliphatic heterocycles. The van der Waals surface area contributed by atoms with E-state index in [1.165, 1.54) is 0 Å². The highest BCUT2D eigenvalue weighted by Crippen LogP contribution is 2.33. The number of amides is 1. The van der Waals surface area contributed by atoms with Crippen molar-refractivity contribution >= 4 is 11.6 Å². The number of imidazole rings is 2. The molecule has 0 saturated carbocycles. The maximum atomic E-state index is 12.3. The second kappa shape index (κ2) is 5.84. The van der Waals surface area contributed by atoms with E-state index in [-0.39, 0.29) is 11.8 Å². The highest BCUT2D eigenvalue weighted by atomic mass is 16.1. The third-order valence-corrected chi connectivity index (χ3v) is 4.91. The summed E-state index contributed by atoms with van der Waals surface area (Å²) in [5, 5.41) is 2.97. The molecule has 0 unspecified atom stereocenters. The molecule has 128 valence electrons. The van der Waals surface area contributed by atoms with E-state index in [1.54, 1.807) is 12.5 Å². The molecule has 26 heavy (non-hydrogen) atoms. The van der Waals surface area contributed by atoms with Crippen molar-refractivity contribution in [3.63, 3.8) is 0 Å². The van der Waals surface area contributed by atoms with Gasteiger partial charge in [0.1, 0.15) is 5.65 Å². The van der Waals surface area contributed by atoms with Crippen LogP contribution in [0.25, 0.3) is 11.3 Å². The van der Waals surface area contributed by atoms with E-state index < -0.39 is 0 Å². The molecule has 0 radical (unpaired) electrons. The van der Waals surface area contributed by atoms with Gasteiger partial charge in [-0.05, 0) is 29.8 Å². The molecule has 5 rings (SSSR count). The number of hydrogen-bond donors (Lipinski definition) is 1. The summed E-state index contributed by atoms with van der Waals surface area (Å²) in [6.07, 6.45) is 7.88. The van der Waals surface area contributed by atoms with Crippen molar-refractivity contribution in [3.8, 4) is 5.69 Å². The van der Waals surface area contributed by atoms with E-state index in [9.17, 15) is 4.79 Å². The van der Waals surface area contributed by atoms with Crippen LogP contribution in [0.15, 0.2) is 67.4 Å². The standard InChI is InChI=1S/C20H17N5O/c26-19-11-16(14-4-6-15(7-5-14)24-10-8-21-13-24)20-17(12-22-19)23-18-3-1-2-9-25(18)20/h1-10,13,16H,11-12H2,(H,22,26)/t16-/m0/s1. The number of pyridine rings is 1. The van der Waals surface area contributed by atoms with Gasteiger partial charge in [-0.1, -0.05) is 18.2 Å². The first-order valence-electron chi connectivity index (χ1n) is 8.60. The number of benzene rings is 1. The Morgan fingerprint density at radius 2 is 1.96 bits per heavy atom. The van der Waals surface area contributed by atoms with E-state index in [0.29, 0.717) is 13.0 Å². The molecule has 4 heterocycles. The highest BCUT2D eigenvalue weighted by Gasteiger charge is 2.28. The minimum atomic E-state index is -0.0262. The molecule has 1 amide bonds. The number of nitrogens with one attached hydrogen (secondary N) is 1. The zero-order valence-corrected chi connectivity index (χ0v) is 14.0. The van der Waals surface area contributed by atoms with Gasteiger partial charge in [-0.2, -0.15) is 0 Å². The second-order valence-corrected chi connectivity index (χ2v) is 6.47. The molecule has 1 aliphatic rings. The fourth-order valence-corrected chi connectivity index (χ4v) is 3.67. The number of fused-ring (bicyclic) bond motifs is 3. The highest BCUT2D eigenvalue weighted by molar-refractivity contribution is 5.78. The largest absolute Gasteiger partial charge is 0.350 e.